The van der Waals surface area contributed by atoms with Crippen LogP contribution >= 0.6 is 12.6 Å². The van der Waals surface area contributed by atoms with Crippen molar-refractivity contribution in [3.63, 3.8) is 0 Å². The first-order chi connectivity index (χ1) is 3.72. The Balaban J connectivity index is 3.29. The van der Waals surface area contributed by atoms with Crippen LogP contribution in [-0.2, 0) is 0 Å². The minimum absolute atomic E-state index is 0.281. The van der Waals surface area contributed by atoms with Crippen LogP contribution < -0.4 is 5.73 Å². The molecule has 1 nitrogen and oxygen atoms in total. The van der Waals surface area contributed by atoms with Gasteiger partial charge in [-0.3, -0.25) is 0 Å². The molecule has 0 rings (SSSR count). The maximum absolute atomic E-state index is 5.65. The smallest absolute Gasteiger partial charge is 0.0153 e. The van der Waals surface area contributed by atoms with Gasteiger partial charge in [0.1, 0.15) is 0 Å². The van der Waals surface area contributed by atoms with Gasteiger partial charge in [-0.15, -0.1) is 0 Å². The summed E-state index contributed by atoms with van der Waals surface area (Å²) in [5.74, 6) is 1.42. The number of nitrogens with two attached hydrogens (primary N) is 1. The maximum Gasteiger partial charge on any atom is 0.0153 e. The quantitative estimate of drug-likeness (QED) is 0.557. The van der Waals surface area contributed by atoms with Crippen molar-refractivity contribution in [3.05, 3.63) is 0 Å². The van der Waals surface area contributed by atoms with Crippen LogP contribution in [0.4, 0.5) is 0 Å². The molecule has 0 aliphatic carbocycles. The van der Waals surface area contributed by atoms with E-state index in [4.69, 9.17) is 5.73 Å². The molecule has 0 spiro atoms. The predicted molar refractivity (Wildman–Crippen MR) is 41.3 cm³/mol. The summed E-state index contributed by atoms with van der Waals surface area (Å²) in [7, 11) is 0. The fraction of sp³-hybridized carbons (Fsp3) is 1.00. The van der Waals surface area contributed by atoms with E-state index in [1.807, 2.05) is 0 Å². The van der Waals surface area contributed by atoms with Gasteiger partial charge in [-0.1, -0.05) is 20.3 Å². The van der Waals surface area contributed by atoms with E-state index in [-0.39, 0.29) is 6.04 Å². The third kappa shape index (κ3) is 2.58. The molecule has 0 fully saturated rings. The summed E-state index contributed by atoms with van der Waals surface area (Å²) in [5, 5.41) is 0. The molecule has 2 N–H and O–H groups in total. The van der Waals surface area contributed by atoms with Gasteiger partial charge in [-0.25, -0.2) is 0 Å². The Labute approximate surface area is 57.1 Å². The Morgan fingerprint density at radius 1 is 1.62 bits per heavy atom. The summed E-state index contributed by atoms with van der Waals surface area (Å²) in [5.41, 5.74) is 5.65. The van der Waals surface area contributed by atoms with Gasteiger partial charge < -0.3 is 5.73 Å². The lowest BCUT2D eigenvalue weighted by Gasteiger charge is -2.14. The second kappa shape index (κ2) is 4.21. The van der Waals surface area contributed by atoms with Crippen LogP contribution in [0.15, 0.2) is 0 Å². The lowest BCUT2D eigenvalue weighted by Crippen LogP contribution is -2.29. The van der Waals surface area contributed by atoms with Crippen molar-refractivity contribution in [2.45, 2.75) is 26.3 Å². The van der Waals surface area contributed by atoms with E-state index in [2.05, 4.69) is 26.5 Å². The first-order valence-corrected chi connectivity index (χ1v) is 3.72. The molecule has 0 saturated heterocycles. The zero-order chi connectivity index (χ0) is 6.57. The standard InChI is InChI=1S/C6H15NS/c1-3-5(2)6(7)4-8/h5-6,8H,3-4,7H2,1-2H3/t5?,6-/m1/s1. The summed E-state index contributed by atoms with van der Waals surface area (Å²) < 4.78 is 0. The average Bonchev–Trinajstić information content (AvgIpc) is 1.84. The van der Waals surface area contributed by atoms with Gasteiger partial charge in [0, 0.05) is 11.8 Å². The van der Waals surface area contributed by atoms with Crippen molar-refractivity contribution < 1.29 is 0 Å². The van der Waals surface area contributed by atoms with Gasteiger partial charge in [0.2, 0.25) is 0 Å². The fourth-order valence-electron chi connectivity index (χ4n) is 0.483. The highest BCUT2D eigenvalue weighted by Gasteiger charge is 2.06. The fourth-order valence-corrected chi connectivity index (χ4v) is 0.843. The predicted octanol–water partition coefficient (Wildman–Crippen LogP) is 1.29. The first kappa shape index (κ1) is 8.31. The van der Waals surface area contributed by atoms with Crippen LogP contribution in [0.2, 0.25) is 0 Å². The summed E-state index contributed by atoms with van der Waals surface area (Å²) in [6.07, 6.45) is 1.15. The molecule has 0 aliphatic rings. The van der Waals surface area contributed by atoms with Crippen LogP contribution in [0.5, 0.6) is 0 Å². The molecule has 0 bridgehead atoms. The number of hydrogen-bond acceptors (Lipinski definition) is 2. The number of hydrogen-bond donors (Lipinski definition) is 2. The van der Waals surface area contributed by atoms with Gasteiger partial charge >= 0.3 is 0 Å². The van der Waals surface area contributed by atoms with Crippen molar-refractivity contribution in [1.82, 2.24) is 0 Å². The van der Waals surface area contributed by atoms with Gasteiger partial charge in [-0.2, -0.15) is 12.6 Å². The maximum atomic E-state index is 5.65. The van der Waals surface area contributed by atoms with Crippen LogP contribution in [0.3, 0.4) is 0 Å². The summed E-state index contributed by atoms with van der Waals surface area (Å²) in [4.78, 5) is 0. The minimum atomic E-state index is 0.281. The van der Waals surface area contributed by atoms with E-state index in [9.17, 15) is 0 Å². The van der Waals surface area contributed by atoms with E-state index in [0.717, 1.165) is 12.2 Å². The van der Waals surface area contributed by atoms with Crippen LogP contribution in [-0.4, -0.2) is 11.8 Å². The van der Waals surface area contributed by atoms with Crippen LogP contribution in [0.25, 0.3) is 0 Å². The van der Waals surface area contributed by atoms with E-state index in [1.165, 1.54) is 0 Å². The molecule has 2 atom stereocenters. The molecule has 0 radical (unpaired) electrons. The molecule has 50 valence electrons. The summed E-state index contributed by atoms with van der Waals surface area (Å²) in [6, 6.07) is 0.281. The molecule has 0 aromatic heterocycles. The Morgan fingerprint density at radius 3 is 2.25 bits per heavy atom. The molecule has 0 saturated carbocycles. The minimum Gasteiger partial charge on any atom is -0.327 e. The molecule has 0 aromatic carbocycles. The van der Waals surface area contributed by atoms with E-state index in [1.54, 1.807) is 0 Å². The second-order valence-electron chi connectivity index (χ2n) is 2.23. The van der Waals surface area contributed by atoms with E-state index in [0.29, 0.717) is 5.92 Å². The highest BCUT2D eigenvalue weighted by atomic mass is 32.1. The number of thiol groups is 1. The lowest BCUT2D eigenvalue weighted by molar-refractivity contribution is 0.476. The Kier molecular flexibility index (Phi) is 4.38. The lowest BCUT2D eigenvalue weighted by atomic mass is 10.0. The van der Waals surface area contributed by atoms with Gasteiger partial charge in [0.25, 0.3) is 0 Å². The zero-order valence-corrected chi connectivity index (χ0v) is 6.49. The SMILES string of the molecule is CCC(C)[C@H](N)CS. The van der Waals surface area contributed by atoms with Crippen molar-refractivity contribution in [2.24, 2.45) is 11.7 Å². The van der Waals surface area contributed by atoms with E-state index < -0.39 is 0 Å². The zero-order valence-electron chi connectivity index (χ0n) is 5.59. The van der Waals surface area contributed by atoms with Gasteiger partial charge in [-0.05, 0) is 5.92 Å². The van der Waals surface area contributed by atoms with Crippen molar-refractivity contribution in [3.8, 4) is 0 Å². The molecule has 0 aromatic rings. The van der Waals surface area contributed by atoms with Crippen LogP contribution in [0.1, 0.15) is 20.3 Å². The summed E-state index contributed by atoms with van der Waals surface area (Å²) >= 11 is 4.08. The highest BCUT2D eigenvalue weighted by molar-refractivity contribution is 7.80. The topological polar surface area (TPSA) is 26.0 Å². The van der Waals surface area contributed by atoms with Gasteiger partial charge in [0.05, 0.1) is 0 Å². The molecule has 1 unspecified atom stereocenters. The van der Waals surface area contributed by atoms with Crippen molar-refractivity contribution in [2.75, 3.05) is 5.75 Å². The monoisotopic (exact) mass is 133 g/mol. The molecular formula is C6H15NS. The summed E-state index contributed by atoms with van der Waals surface area (Å²) in [6.45, 7) is 4.30. The molecule has 2 heteroatoms. The largest absolute Gasteiger partial charge is 0.327 e. The Hall–Kier alpha value is 0.310. The van der Waals surface area contributed by atoms with Crippen molar-refractivity contribution in [1.29, 1.82) is 0 Å². The molecule has 0 aliphatic heterocycles. The highest BCUT2D eigenvalue weighted by Crippen LogP contribution is 2.05. The van der Waals surface area contributed by atoms with E-state index >= 15 is 0 Å². The third-order valence-corrected chi connectivity index (χ3v) is 2.01. The van der Waals surface area contributed by atoms with Gasteiger partial charge in [0.15, 0.2) is 0 Å². The molecular weight excluding hydrogens is 118 g/mol. The molecule has 0 amide bonds. The molecule has 0 heterocycles. The first-order valence-electron chi connectivity index (χ1n) is 3.08. The van der Waals surface area contributed by atoms with Crippen LogP contribution in [0, 0.1) is 5.92 Å². The third-order valence-electron chi connectivity index (χ3n) is 1.59. The second-order valence-corrected chi connectivity index (χ2v) is 2.60. The average molecular weight is 133 g/mol. The number of rotatable bonds is 3. The normalized spacial score (nSPS) is 18.0. The van der Waals surface area contributed by atoms with Crippen molar-refractivity contribution >= 4 is 12.6 Å². The Morgan fingerprint density at radius 2 is 2.12 bits per heavy atom. The Bertz CT molecular complexity index is 48.5. The molecule has 8 heavy (non-hydrogen) atoms.